The van der Waals surface area contributed by atoms with Crippen molar-refractivity contribution in [3.05, 3.63) is 117 Å². The van der Waals surface area contributed by atoms with Gasteiger partial charge in [0.2, 0.25) is 0 Å². The number of rotatable bonds is 9. The van der Waals surface area contributed by atoms with E-state index in [4.69, 9.17) is 11.6 Å². The van der Waals surface area contributed by atoms with E-state index >= 15 is 4.39 Å². The number of hydrogen-bond donors (Lipinski definition) is 0. The fraction of sp³-hybridized carbons (Fsp3) is 0.267. The number of fused-ring (bicyclic) bond motifs is 1. The highest BCUT2D eigenvalue weighted by molar-refractivity contribution is 6.30. The van der Waals surface area contributed by atoms with Gasteiger partial charge in [0, 0.05) is 5.39 Å². The maximum Gasteiger partial charge on any atom is 0.142 e. The Balaban J connectivity index is 1.41. The first-order chi connectivity index (χ1) is 16.0. The first kappa shape index (κ1) is 23.4. The van der Waals surface area contributed by atoms with Gasteiger partial charge in [-0.25, -0.2) is 8.78 Å². The summed E-state index contributed by atoms with van der Waals surface area (Å²) in [5.41, 5.74) is 5.40. The van der Waals surface area contributed by atoms with E-state index < -0.39 is 5.82 Å². The van der Waals surface area contributed by atoms with Crippen LogP contribution in [0.3, 0.4) is 0 Å². The molecule has 0 heterocycles. The van der Waals surface area contributed by atoms with Crippen molar-refractivity contribution in [3.8, 4) is 0 Å². The molecule has 4 aromatic rings. The topological polar surface area (TPSA) is 0 Å². The van der Waals surface area contributed by atoms with Gasteiger partial charge in [-0.05, 0) is 83.9 Å². The lowest BCUT2D eigenvalue weighted by molar-refractivity contribution is 0.617. The second kappa shape index (κ2) is 10.9. The minimum absolute atomic E-state index is 0.107. The van der Waals surface area contributed by atoms with Crippen LogP contribution in [0.2, 0.25) is 5.02 Å². The van der Waals surface area contributed by atoms with Crippen LogP contribution in [0, 0.1) is 11.6 Å². The number of benzene rings is 4. The van der Waals surface area contributed by atoms with Crippen molar-refractivity contribution >= 4 is 22.4 Å². The fourth-order valence-corrected chi connectivity index (χ4v) is 4.37. The molecule has 3 heteroatoms. The van der Waals surface area contributed by atoms with Crippen LogP contribution in [0.25, 0.3) is 10.8 Å². The van der Waals surface area contributed by atoms with Gasteiger partial charge < -0.3 is 0 Å². The quantitative estimate of drug-likeness (QED) is 0.233. The number of halogens is 3. The predicted octanol–water partition coefficient (Wildman–Crippen LogP) is 8.68. The Bertz CT molecular complexity index is 1230. The standard InChI is InChI=1S/C30H29ClF2/c1-2-3-4-21-5-7-22(8-6-21)9-10-23-12-17-27-26(19-23)16-15-25(30(27)33)14-11-24-13-18-28(31)29(32)20-24/h5-8,12-13,15-20H,2-4,9-11,14H2,1H3. The third-order valence-corrected chi connectivity index (χ3v) is 6.62. The Morgan fingerprint density at radius 1 is 0.636 bits per heavy atom. The molecule has 0 aromatic heterocycles. The molecular weight excluding hydrogens is 434 g/mol. The maximum absolute atomic E-state index is 15.1. The van der Waals surface area contributed by atoms with Crippen molar-refractivity contribution in [2.45, 2.75) is 51.9 Å². The fourth-order valence-electron chi connectivity index (χ4n) is 4.25. The van der Waals surface area contributed by atoms with Gasteiger partial charge in [-0.1, -0.05) is 85.6 Å². The Hall–Kier alpha value is -2.71. The first-order valence-corrected chi connectivity index (χ1v) is 12.1. The molecule has 0 atom stereocenters. The number of unbranched alkanes of at least 4 members (excludes halogenated alkanes) is 1. The van der Waals surface area contributed by atoms with Crippen molar-refractivity contribution in [2.24, 2.45) is 0 Å². The van der Waals surface area contributed by atoms with Gasteiger partial charge in [0.05, 0.1) is 5.02 Å². The molecule has 4 aromatic carbocycles. The van der Waals surface area contributed by atoms with Gasteiger partial charge in [-0.15, -0.1) is 0 Å². The second-order valence-electron chi connectivity index (χ2n) is 8.76. The van der Waals surface area contributed by atoms with Crippen molar-refractivity contribution in [2.75, 3.05) is 0 Å². The van der Waals surface area contributed by atoms with Crippen molar-refractivity contribution in [1.82, 2.24) is 0 Å². The first-order valence-electron chi connectivity index (χ1n) is 11.7. The van der Waals surface area contributed by atoms with Crippen LogP contribution in [-0.4, -0.2) is 0 Å². The smallest absolute Gasteiger partial charge is 0.142 e. The average Bonchev–Trinajstić information content (AvgIpc) is 2.83. The van der Waals surface area contributed by atoms with E-state index in [1.54, 1.807) is 12.1 Å². The van der Waals surface area contributed by atoms with E-state index in [1.807, 2.05) is 24.3 Å². The molecule has 0 unspecified atom stereocenters. The Labute approximate surface area is 200 Å². The molecule has 33 heavy (non-hydrogen) atoms. The van der Waals surface area contributed by atoms with Crippen LogP contribution < -0.4 is 0 Å². The van der Waals surface area contributed by atoms with Crippen LogP contribution in [0.4, 0.5) is 8.78 Å². The minimum Gasteiger partial charge on any atom is -0.206 e. The second-order valence-corrected chi connectivity index (χ2v) is 9.17. The van der Waals surface area contributed by atoms with Crippen molar-refractivity contribution in [3.63, 3.8) is 0 Å². The van der Waals surface area contributed by atoms with Crippen LogP contribution in [0.1, 0.15) is 47.6 Å². The number of aryl methyl sites for hydroxylation is 5. The van der Waals surface area contributed by atoms with Gasteiger partial charge in [-0.3, -0.25) is 0 Å². The molecule has 4 rings (SSSR count). The highest BCUT2D eigenvalue weighted by Gasteiger charge is 2.10. The highest BCUT2D eigenvalue weighted by Crippen LogP contribution is 2.25. The van der Waals surface area contributed by atoms with Crippen LogP contribution in [0.15, 0.2) is 72.8 Å². The van der Waals surface area contributed by atoms with Gasteiger partial charge in [0.25, 0.3) is 0 Å². The molecule has 0 bridgehead atoms. The lowest BCUT2D eigenvalue weighted by Crippen LogP contribution is -1.97. The Morgan fingerprint density at radius 3 is 1.97 bits per heavy atom. The Morgan fingerprint density at radius 2 is 1.24 bits per heavy atom. The van der Waals surface area contributed by atoms with E-state index in [9.17, 15) is 4.39 Å². The zero-order valence-corrected chi connectivity index (χ0v) is 19.8. The van der Waals surface area contributed by atoms with Crippen LogP contribution in [0.5, 0.6) is 0 Å². The third-order valence-electron chi connectivity index (χ3n) is 6.31. The molecule has 0 radical (unpaired) electrons. The van der Waals surface area contributed by atoms with Crippen molar-refractivity contribution < 1.29 is 8.78 Å². The zero-order chi connectivity index (χ0) is 23.2. The molecule has 0 nitrogen and oxygen atoms in total. The minimum atomic E-state index is -0.437. The third kappa shape index (κ3) is 6.00. The summed E-state index contributed by atoms with van der Waals surface area (Å²) in [5.74, 6) is -0.621. The molecule has 0 aliphatic rings. The van der Waals surface area contributed by atoms with E-state index in [2.05, 4.69) is 37.3 Å². The van der Waals surface area contributed by atoms with E-state index in [0.29, 0.717) is 23.8 Å². The molecule has 0 fully saturated rings. The summed E-state index contributed by atoms with van der Waals surface area (Å²) in [6, 6.07) is 23.5. The molecule has 0 saturated carbocycles. The Kier molecular flexibility index (Phi) is 7.77. The van der Waals surface area contributed by atoms with Gasteiger partial charge in [0.1, 0.15) is 11.6 Å². The normalized spacial score (nSPS) is 11.3. The molecular formula is C30H29ClF2. The number of hydrogen-bond acceptors (Lipinski definition) is 0. The molecule has 0 N–H and O–H groups in total. The summed E-state index contributed by atoms with van der Waals surface area (Å²) in [4.78, 5) is 0. The van der Waals surface area contributed by atoms with Crippen LogP contribution in [-0.2, 0) is 32.1 Å². The van der Waals surface area contributed by atoms with Crippen molar-refractivity contribution in [1.29, 1.82) is 0 Å². The monoisotopic (exact) mass is 462 g/mol. The van der Waals surface area contributed by atoms with Gasteiger partial charge >= 0.3 is 0 Å². The molecule has 0 aliphatic carbocycles. The SMILES string of the molecule is CCCCc1ccc(CCc2ccc3c(F)c(CCc4ccc(Cl)c(F)c4)ccc3c2)cc1. The highest BCUT2D eigenvalue weighted by atomic mass is 35.5. The average molecular weight is 463 g/mol. The largest absolute Gasteiger partial charge is 0.206 e. The molecule has 170 valence electrons. The summed E-state index contributed by atoms with van der Waals surface area (Å²) in [7, 11) is 0. The summed E-state index contributed by atoms with van der Waals surface area (Å²) >= 11 is 5.75. The van der Waals surface area contributed by atoms with Crippen LogP contribution >= 0.6 is 11.6 Å². The van der Waals surface area contributed by atoms with E-state index in [-0.39, 0.29) is 10.8 Å². The summed E-state index contributed by atoms with van der Waals surface area (Å²) in [6.07, 6.45) is 6.56. The molecule has 0 saturated heterocycles. The zero-order valence-electron chi connectivity index (χ0n) is 19.0. The molecule has 0 aliphatic heterocycles. The molecule has 0 amide bonds. The summed E-state index contributed by atoms with van der Waals surface area (Å²) in [5, 5.41) is 1.66. The molecule has 0 spiro atoms. The van der Waals surface area contributed by atoms with E-state index in [1.165, 1.54) is 35.6 Å². The summed E-state index contributed by atoms with van der Waals surface area (Å²) < 4.78 is 28.8. The van der Waals surface area contributed by atoms with Gasteiger partial charge in [-0.2, -0.15) is 0 Å². The maximum atomic E-state index is 15.1. The predicted molar refractivity (Wildman–Crippen MR) is 135 cm³/mol. The summed E-state index contributed by atoms with van der Waals surface area (Å²) in [6.45, 7) is 2.22. The van der Waals surface area contributed by atoms with E-state index in [0.717, 1.165) is 30.2 Å². The van der Waals surface area contributed by atoms with Gasteiger partial charge in [0.15, 0.2) is 0 Å². The lowest BCUT2D eigenvalue weighted by Gasteiger charge is -2.10. The lowest BCUT2D eigenvalue weighted by atomic mass is 9.97.